The first kappa shape index (κ1) is 26.0. The third-order valence-electron chi connectivity index (χ3n) is 9.97. The molecule has 0 bridgehead atoms. The molecule has 0 unspecified atom stereocenters. The van der Waals surface area contributed by atoms with Crippen LogP contribution in [0.2, 0.25) is 0 Å². The van der Waals surface area contributed by atoms with E-state index in [0.29, 0.717) is 5.27 Å². The lowest BCUT2D eigenvalue weighted by Gasteiger charge is -2.32. The van der Waals surface area contributed by atoms with E-state index in [1.165, 1.54) is 92.5 Å². The fraction of sp³-hybridized carbons (Fsp3) is 0. The van der Waals surface area contributed by atoms with Crippen molar-refractivity contribution in [1.82, 2.24) is 9.13 Å². The average molecular weight is 633 g/mol. The van der Waals surface area contributed by atoms with Crippen molar-refractivity contribution < 1.29 is 0 Å². The van der Waals surface area contributed by atoms with E-state index in [4.69, 9.17) is 0 Å². The normalized spacial score (nSPS) is 13.3. The molecule has 2 nitrogen and oxygen atoms in total. The van der Waals surface area contributed by atoms with Gasteiger partial charge in [0, 0.05) is 42.7 Å². The Kier molecular flexibility index (Phi) is 5.38. The molecule has 0 aliphatic carbocycles. The highest BCUT2D eigenvalue weighted by Crippen LogP contribution is 2.51. The molecule has 0 saturated heterocycles. The third-order valence-corrected chi connectivity index (χ3v) is 12.7. The zero-order valence-electron chi connectivity index (χ0n) is 25.2. The number of para-hydroxylation sites is 3. The predicted octanol–water partition coefficient (Wildman–Crippen LogP) is 11.1. The van der Waals surface area contributed by atoms with Gasteiger partial charge < -0.3 is 9.13 Å². The maximum Gasteiger partial charge on any atom is 0.318 e. The molecule has 0 N–H and O–H groups in total. The molecule has 2 aliphatic rings. The highest BCUT2D eigenvalue weighted by molar-refractivity contribution is 8.56. The van der Waals surface area contributed by atoms with Gasteiger partial charge in [-0.25, -0.2) is 0 Å². The molecule has 2 aliphatic heterocycles. The van der Waals surface area contributed by atoms with Gasteiger partial charge in [-0.1, -0.05) is 97.1 Å². The summed E-state index contributed by atoms with van der Waals surface area (Å²) in [7, 11) is 0. The van der Waals surface area contributed by atoms with Crippen LogP contribution < -0.4 is 5.46 Å². The highest BCUT2D eigenvalue weighted by atomic mass is 32.2. The van der Waals surface area contributed by atoms with Crippen molar-refractivity contribution in [1.29, 1.82) is 0 Å². The minimum absolute atomic E-state index is 0.326. The molecular formula is C42H25BN2S2. The van der Waals surface area contributed by atoms with Crippen LogP contribution in [0.15, 0.2) is 161 Å². The number of rotatable bonds is 2. The lowest BCUT2D eigenvalue weighted by Crippen LogP contribution is -2.33. The third kappa shape index (κ3) is 3.56. The van der Waals surface area contributed by atoms with Gasteiger partial charge in [-0.2, -0.15) is 23.2 Å². The van der Waals surface area contributed by atoms with Crippen molar-refractivity contribution in [2.45, 2.75) is 9.79 Å². The smallest absolute Gasteiger partial charge is 0.309 e. The first-order valence-electron chi connectivity index (χ1n) is 16.0. The number of aromatic nitrogens is 2. The van der Waals surface area contributed by atoms with Gasteiger partial charge in [-0.3, -0.25) is 0 Å². The number of nitrogens with zero attached hydrogens (tertiary/aromatic N) is 2. The van der Waals surface area contributed by atoms with Crippen molar-refractivity contribution in [2.24, 2.45) is 0 Å². The molecule has 5 heteroatoms. The monoisotopic (exact) mass is 632 g/mol. The Hall–Kier alpha value is -5.10. The predicted molar refractivity (Wildman–Crippen MR) is 203 cm³/mol. The molecule has 11 rings (SSSR count). The Morgan fingerprint density at radius 2 is 0.979 bits per heavy atom. The van der Waals surface area contributed by atoms with Gasteiger partial charge in [-0.15, -0.1) is 0 Å². The molecule has 0 radical (unpaired) electrons. The van der Waals surface area contributed by atoms with Gasteiger partial charge in [0.1, 0.15) is 0 Å². The van der Waals surface area contributed by atoms with E-state index >= 15 is 0 Å². The van der Waals surface area contributed by atoms with Crippen LogP contribution in [0.1, 0.15) is 0 Å². The topological polar surface area (TPSA) is 9.86 Å². The van der Waals surface area contributed by atoms with Gasteiger partial charge in [0.05, 0.1) is 22.1 Å². The summed E-state index contributed by atoms with van der Waals surface area (Å²) < 4.78 is 4.98. The van der Waals surface area contributed by atoms with Crippen LogP contribution in [0.25, 0.3) is 77.2 Å². The summed E-state index contributed by atoms with van der Waals surface area (Å²) in [6, 6.07) is 56.1. The van der Waals surface area contributed by atoms with Crippen molar-refractivity contribution in [3.05, 3.63) is 152 Å². The van der Waals surface area contributed by atoms with E-state index in [1.54, 1.807) is 0 Å². The van der Waals surface area contributed by atoms with Crippen LogP contribution in [0.3, 0.4) is 0 Å². The fourth-order valence-corrected chi connectivity index (χ4v) is 11.0. The summed E-state index contributed by atoms with van der Waals surface area (Å²) >= 11 is 3.99. The molecule has 0 fully saturated rings. The Balaban J connectivity index is 1.32. The molecule has 7 aromatic carbocycles. The van der Waals surface area contributed by atoms with Gasteiger partial charge in [0.25, 0.3) is 0 Å². The van der Waals surface area contributed by atoms with Crippen LogP contribution in [-0.2, 0) is 0 Å². The lowest BCUT2D eigenvalue weighted by molar-refractivity contribution is 1.17. The highest BCUT2D eigenvalue weighted by Gasteiger charge is 2.37. The van der Waals surface area contributed by atoms with E-state index in [-0.39, 0.29) is 0 Å². The van der Waals surface area contributed by atoms with Crippen LogP contribution in [0.5, 0.6) is 0 Å². The SMILES string of the molecule is c1ccc(-n2c3ccccc3c3c2ccc2c4ccccc4n(-c4cc5c6c(c4)-c4ccccc4SB6Sc4ccccc4-5)c23)cc1. The average Bonchev–Trinajstić information content (AvgIpc) is 3.65. The maximum absolute atomic E-state index is 2.55. The number of fused-ring (bicyclic) bond motifs is 11. The zero-order chi connectivity index (χ0) is 30.6. The molecular weight excluding hydrogens is 607 g/mol. The minimum atomic E-state index is 0.326. The fourth-order valence-electron chi connectivity index (χ4n) is 8.06. The van der Waals surface area contributed by atoms with Crippen molar-refractivity contribution in [3.63, 3.8) is 0 Å². The van der Waals surface area contributed by atoms with Gasteiger partial charge in [0.2, 0.25) is 0 Å². The Bertz CT molecular complexity index is 2690. The second-order valence-electron chi connectivity index (χ2n) is 12.4. The minimum Gasteiger partial charge on any atom is -0.309 e. The standard InChI is InChI=1S/C42H25BN2S2/c1-2-12-26(13-3-1)44-36-19-9-5-17-32(36)40-37(44)23-22-31-28-14-4-8-18-35(28)45(42(31)40)27-24-33-29-15-6-10-20-38(29)46-43-41(33)34(25-27)30-16-7-11-21-39(30)47-43/h1-25H. The largest absolute Gasteiger partial charge is 0.318 e. The molecule has 9 aromatic rings. The van der Waals surface area contributed by atoms with Crippen LogP contribution in [0, 0.1) is 0 Å². The lowest BCUT2D eigenvalue weighted by atomic mass is 9.77. The second-order valence-corrected chi connectivity index (χ2v) is 15.0. The van der Waals surface area contributed by atoms with Gasteiger partial charge >= 0.3 is 5.27 Å². The van der Waals surface area contributed by atoms with E-state index in [2.05, 4.69) is 161 Å². The van der Waals surface area contributed by atoms with Crippen LogP contribution in [-0.4, -0.2) is 14.4 Å². The Labute approximate surface area is 280 Å². The second kappa shape index (κ2) is 9.71. The van der Waals surface area contributed by atoms with Crippen molar-refractivity contribution in [3.8, 4) is 33.6 Å². The first-order chi connectivity index (χ1) is 23.3. The van der Waals surface area contributed by atoms with E-state index in [1.807, 2.05) is 23.2 Å². The molecule has 218 valence electrons. The van der Waals surface area contributed by atoms with Crippen LogP contribution >= 0.6 is 23.2 Å². The molecule has 47 heavy (non-hydrogen) atoms. The molecule has 4 heterocycles. The molecule has 0 saturated carbocycles. The summed E-state index contributed by atoms with van der Waals surface area (Å²) in [5.74, 6) is 0. The van der Waals surface area contributed by atoms with E-state index in [9.17, 15) is 0 Å². The van der Waals surface area contributed by atoms with Crippen molar-refractivity contribution in [2.75, 3.05) is 0 Å². The zero-order valence-corrected chi connectivity index (χ0v) is 26.9. The Morgan fingerprint density at radius 1 is 0.404 bits per heavy atom. The summed E-state index contributed by atoms with van der Waals surface area (Å²) in [5.41, 5.74) is 14.1. The maximum atomic E-state index is 2.55. The van der Waals surface area contributed by atoms with E-state index < -0.39 is 0 Å². The van der Waals surface area contributed by atoms with Gasteiger partial charge in [0.15, 0.2) is 0 Å². The van der Waals surface area contributed by atoms with E-state index in [0.717, 1.165) is 0 Å². The first-order valence-corrected chi connectivity index (χ1v) is 17.8. The van der Waals surface area contributed by atoms with Crippen LogP contribution in [0.4, 0.5) is 0 Å². The molecule has 0 atom stereocenters. The summed E-state index contributed by atoms with van der Waals surface area (Å²) in [4.78, 5) is 2.71. The summed E-state index contributed by atoms with van der Waals surface area (Å²) in [6.07, 6.45) is 0. The quantitative estimate of drug-likeness (QED) is 0.176. The molecule has 0 spiro atoms. The molecule has 0 amide bonds. The molecule has 2 aromatic heterocycles. The van der Waals surface area contributed by atoms with Crippen molar-refractivity contribution >= 4 is 77.6 Å². The summed E-state index contributed by atoms with van der Waals surface area (Å²) in [6.45, 7) is 0. The number of benzene rings is 7. The Morgan fingerprint density at radius 3 is 1.68 bits per heavy atom. The number of hydrogen-bond donors (Lipinski definition) is 0. The van der Waals surface area contributed by atoms with Gasteiger partial charge in [-0.05, 0) is 82.3 Å². The summed E-state index contributed by atoms with van der Waals surface area (Å²) in [5, 5.41) is 5.43. The number of hydrogen-bond acceptors (Lipinski definition) is 2.